The van der Waals surface area contributed by atoms with Gasteiger partial charge >= 0.3 is 0 Å². The minimum Gasteiger partial charge on any atom is -0.366 e. The second-order valence-electron chi connectivity index (χ2n) is 10.6. The molecular weight excluding hydrogens is 545 g/mol. The molecule has 0 spiro atoms. The van der Waals surface area contributed by atoms with Crippen molar-refractivity contribution in [3.05, 3.63) is 94.3 Å². The van der Waals surface area contributed by atoms with Crippen molar-refractivity contribution < 1.29 is 18.8 Å². The van der Waals surface area contributed by atoms with Crippen LogP contribution in [-0.2, 0) is 0 Å². The summed E-state index contributed by atoms with van der Waals surface area (Å²) in [6.45, 7) is 2.00. The van der Waals surface area contributed by atoms with E-state index in [1.807, 2.05) is 6.07 Å². The van der Waals surface area contributed by atoms with Crippen molar-refractivity contribution in [2.24, 2.45) is 5.73 Å². The topological polar surface area (TPSA) is 108 Å². The van der Waals surface area contributed by atoms with Gasteiger partial charge in [0.1, 0.15) is 5.82 Å². The highest BCUT2D eigenvalue weighted by Crippen LogP contribution is 2.30. The molecule has 1 aliphatic heterocycles. The van der Waals surface area contributed by atoms with Crippen molar-refractivity contribution in [1.29, 1.82) is 0 Å². The van der Waals surface area contributed by atoms with Gasteiger partial charge in [0.15, 0.2) is 0 Å². The van der Waals surface area contributed by atoms with E-state index in [0.29, 0.717) is 53.6 Å². The lowest BCUT2D eigenvalue weighted by atomic mass is 9.91. The lowest BCUT2D eigenvalue weighted by Gasteiger charge is -2.37. The molecule has 0 unspecified atom stereocenters. The first-order valence-electron chi connectivity index (χ1n) is 13.8. The van der Waals surface area contributed by atoms with Gasteiger partial charge in [0.05, 0.1) is 11.4 Å². The number of halogens is 2. The molecule has 2 fully saturated rings. The number of nitrogens with one attached hydrogen (secondary N) is 2. The largest absolute Gasteiger partial charge is 0.366 e. The Morgan fingerprint density at radius 2 is 1.49 bits per heavy atom. The third kappa shape index (κ3) is 7.04. The third-order valence-corrected chi connectivity index (χ3v) is 7.93. The SMILES string of the molecule is NC1CCC(NC(=O)c2ccc(N3CCN(C(=O)c4cccc(Cl)c4)CC3)c(NC(=O)c3ccc(F)cc3)c2)CC1. The molecule has 2 aliphatic rings. The Morgan fingerprint density at radius 1 is 0.805 bits per heavy atom. The van der Waals surface area contributed by atoms with Gasteiger partial charge in [-0.05, 0) is 86.3 Å². The van der Waals surface area contributed by atoms with Gasteiger partial charge in [-0.15, -0.1) is 0 Å². The fraction of sp³-hybridized carbons (Fsp3) is 0.323. The van der Waals surface area contributed by atoms with Crippen LogP contribution in [-0.4, -0.2) is 60.9 Å². The zero-order chi connectivity index (χ0) is 28.9. The highest BCUT2D eigenvalue weighted by Gasteiger charge is 2.26. The summed E-state index contributed by atoms with van der Waals surface area (Å²) in [6, 6.07) is 17.6. The number of nitrogens with zero attached hydrogens (tertiary/aromatic N) is 2. The van der Waals surface area contributed by atoms with E-state index >= 15 is 0 Å². The van der Waals surface area contributed by atoms with Crippen molar-refractivity contribution in [3.8, 4) is 0 Å². The molecular formula is C31H33ClFN5O3. The summed E-state index contributed by atoms with van der Waals surface area (Å²) < 4.78 is 13.4. The standard InChI is InChI=1S/C31H33ClFN5O3/c32-23-3-1-2-22(18-23)31(41)38-16-14-37(15-17-38)28-13-6-21(30(40)35-26-11-9-25(34)10-12-26)19-27(28)36-29(39)20-4-7-24(33)8-5-20/h1-8,13,18-19,25-26H,9-12,14-17,34H2,(H,35,40)(H,36,39). The van der Waals surface area contributed by atoms with Gasteiger partial charge in [0, 0.05) is 60.0 Å². The lowest BCUT2D eigenvalue weighted by molar-refractivity contribution is 0.0746. The lowest BCUT2D eigenvalue weighted by Crippen LogP contribution is -2.49. The van der Waals surface area contributed by atoms with Crippen LogP contribution < -0.4 is 21.3 Å². The number of hydrogen-bond acceptors (Lipinski definition) is 5. The van der Waals surface area contributed by atoms with E-state index in [0.717, 1.165) is 31.4 Å². The Labute approximate surface area is 243 Å². The maximum atomic E-state index is 13.4. The van der Waals surface area contributed by atoms with E-state index < -0.39 is 11.7 Å². The second kappa shape index (κ2) is 12.7. The third-order valence-electron chi connectivity index (χ3n) is 7.70. The number of amides is 3. The molecule has 214 valence electrons. The fourth-order valence-corrected chi connectivity index (χ4v) is 5.53. The first-order chi connectivity index (χ1) is 19.8. The van der Waals surface area contributed by atoms with Gasteiger partial charge in [-0.25, -0.2) is 4.39 Å². The van der Waals surface area contributed by atoms with Crippen molar-refractivity contribution in [3.63, 3.8) is 0 Å². The molecule has 5 rings (SSSR count). The Balaban J connectivity index is 1.34. The Hall–Kier alpha value is -3.95. The summed E-state index contributed by atoms with van der Waals surface area (Å²) in [5, 5.41) is 6.52. The van der Waals surface area contributed by atoms with Crippen LogP contribution in [0.2, 0.25) is 5.02 Å². The van der Waals surface area contributed by atoms with Gasteiger partial charge in [0.25, 0.3) is 17.7 Å². The smallest absolute Gasteiger partial charge is 0.255 e. The number of carbonyl (C=O) groups excluding carboxylic acids is 3. The highest BCUT2D eigenvalue weighted by molar-refractivity contribution is 6.31. The summed E-state index contributed by atoms with van der Waals surface area (Å²) in [6.07, 6.45) is 3.40. The molecule has 0 aromatic heterocycles. The monoisotopic (exact) mass is 577 g/mol. The summed E-state index contributed by atoms with van der Waals surface area (Å²) >= 11 is 6.07. The molecule has 41 heavy (non-hydrogen) atoms. The molecule has 3 aromatic carbocycles. The normalized spacial score (nSPS) is 19.0. The Morgan fingerprint density at radius 3 is 2.17 bits per heavy atom. The number of benzene rings is 3. The number of nitrogens with two attached hydrogens (primary N) is 1. The van der Waals surface area contributed by atoms with Gasteiger partial charge in [0.2, 0.25) is 0 Å². The predicted molar refractivity (Wildman–Crippen MR) is 158 cm³/mol. The fourth-order valence-electron chi connectivity index (χ4n) is 5.34. The van der Waals surface area contributed by atoms with Crippen LogP contribution in [0.5, 0.6) is 0 Å². The number of hydrogen-bond donors (Lipinski definition) is 3. The molecule has 8 nitrogen and oxygen atoms in total. The number of piperazine rings is 1. The quantitative estimate of drug-likeness (QED) is 0.394. The van der Waals surface area contributed by atoms with Crippen LogP contribution in [0, 0.1) is 5.82 Å². The molecule has 0 atom stereocenters. The van der Waals surface area contributed by atoms with E-state index in [1.54, 1.807) is 41.3 Å². The Kier molecular flexibility index (Phi) is 8.85. The molecule has 3 amide bonds. The molecule has 4 N–H and O–H groups in total. The van der Waals surface area contributed by atoms with E-state index in [2.05, 4.69) is 15.5 Å². The van der Waals surface area contributed by atoms with Crippen molar-refractivity contribution in [2.45, 2.75) is 37.8 Å². The van der Waals surface area contributed by atoms with Crippen LogP contribution >= 0.6 is 11.6 Å². The van der Waals surface area contributed by atoms with Crippen LogP contribution in [0.25, 0.3) is 0 Å². The van der Waals surface area contributed by atoms with Crippen LogP contribution in [0.4, 0.5) is 15.8 Å². The summed E-state index contributed by atoms with van der Waals surface area (Å²) in [5.41, 5.74) is 8.45. The van der Waals surface area contributed by atoms with Gasteiger partial charge in [-0.2, -0.15) is 0 Å². The minimum atomic E-state index is -0.435. The van der Waals surface area contributed by atoms with Crippen molar-refractivity contribution in [2.75, 3.05) is 36.4 Å². The molecule has 0 radical (unpaired) electrons. The number of carbonyl (C=O) groups is 3. The second-order valence-corrected chi connectivity index (χ2v) is 11.0. The molecule has 0 bridgehead atoms. The zero-order valence-electron chi connectivity index (χ0n) is 22.6. The highest BCUT2D eigenvalue weighted by atomic mass is 35.5. The predicted octanol–water partition coefficient (Wildman–Crippen LogP) is 4.69. The zero-order valence-corrected chi connectivity index (χ0v) is 23.4. The summed E-state index contributed by atoms with van der Waals surface area (Å²) in [5.74, 6) is -1.16. The molecule has 10 heteroatoms. The van der Waals surface area contributed by atoms with Crippen molar-refractivity contribution >= 4 is 40.7 Å². The minimum absolute atomic E-state index is 0.0596. The molecule has 1 saturated heterocycles. The molecule has 3 aromatic rings. The number of rotatable bonds is 6. The van der Waals surface area contributed by atoms with E-state index in [4.69, 9.17) is 17.3 Å². The summed E-state index contributed by atoms with van der Waals surface area (Å²) in [7, 11) is 0. The van der Waals surface area contributed by atoms with Crippen LogP contribution in [0.15, 0.2) is 66.7 Å². The van der Waals surface area contributed by atoms with E-state index in [1.165, 1.54) is 24.3 Å². The first kappa shape index (κ1) is 28.6. The van der Waals surface area contributed by atoms with Crippen LogP contribution in [0.3, 0.4) is 0 Å². The van der Waals surface area contributed by atoms with E-state index in [9.17, 15) is 18.8 Å². The maximum absolute atomic E-state index is 13.4. The molecule has 1 saturated carbocycles. The molecule has 1 aliphatic carbocycles. The average Bonchev–Trinajstić information content (AvgIpc) is 2.98. The maximum Gasteiger partial charge on any atom is 0.255 e. The summed E-state index contributed by atoms with van der Waals surface area (Å²) in [4.78, 5) is 43.1. The van der Waals surface area contributed by atoms with Crippen molar-refractivity contribution in [1.82, 2.24) is 10.2 Å². The Bertz CT molecular complexity index is 1420. The average molecular weight is 578 g/mol. The van der Waals surface area contributed by atoms with Crippen LogP contribution in [0.1, 0.15) is 56.8 Å². The van der Waals surface area contributed by atoms with Gasteiger partial charge in [-0.3, -0.25) is 14.4 Å². The molecule has 1 heterocycles. The first-order valence-corrected chi connectivity index (χ1v) is 14.2. The van der Waals surface area contributed by atoms with E-state index in [-0.39, 0.29) is 23.9 Å². The van der Waals surface area contributed by atoms with Gasteiger partial charge < -0.3 is 26.2 Å². The number of anilines is 2. The van der Waals surface area contributed by atoms with Gasteiger partial charge in [-0.1, -0.05) is 17.7 Å².